The lowest BCUT2D eigenvalue weighted by atomic mass is 10.1. The van der Waals surface area contributed by atoms with E-state index in [0.29, 0.717) is 35.8 Å². The number of hydrogen-bond donors (Lipinski definition) is 2. The Morgan fingerprint density at radius 2 is 1.53 bits per heavy atom. The number of anilines is 1. The molecule has 0 spiro atoms. The van der Waals surface area contributed by atoms with Crippen LogP contribution < -0.4 is 20.1 Å². The molecule has 3 aromatic carbocycles. The fourth-order valence-corrected chi connectivity index (χ4v) is 3.43. The number of nitrogens with one attached hydrogen (secondary N) is 2. The van der Waals surface area contributed by atoms with Crippen LogP contribution in [0.4, 0.5) is 5.69 Å². The Balaban J connectivity index is 1.20. The molecule has 0 saturated carbocycles. The first-order valence-corrected chi connectivity index (χ1v) is 11.1. The molecule has 6 nitrogen and oxygen atoms in total. The van der Waals surface area contributed by atoms with E-state index in [-0.39, 0.29) is 24.5 Å². The summed E-state index contributed by atoms with van der Waals surface area (Å²) >= 11 is 0. The third-order valence-corrected chi connectivity index (χ3v) is 5.11. The standard InChI is InChI=1S/C28H26N2O4/c31-27(19-21-7-3-1-4-8-21)29-22-11-15-25(16-12-22)34-26-17-13-23(14-18-26)30-28(32)20-33-24-9-5-2-6-10-24/h1-11,13-18,22H,12,19-20H2,(H,29,31)(H,30,32). The summed E-state index contributed by atoms with van der Waals surface area (Å²) in [6.07, 6.45) is 6.75. The van der Waals surface area contributed by atoms with Gasteiger partial charge < -0.3 is 20.1 Å². The zero-order valence-corrected chi connectivity index (χ0v) is 18.6. The van der Waals surface area contributed by atoms with Crippen LogP contribution in [0, 0.1) is 0 Å². The monoisotopic (exact) mass is 454 g/mol. The van der Waals surface area contributed by atoms with Gasteiger partial charge in [0.2, 0.25) is 5.91 Å². The smallest absolute Gasteiger partial charge is 0.262 e. The summed E-state index contributed by atoms with van der Waals surface area (Å²) in [6, 6.07) is 25.9. The second-order valence-corrected chi connectivity index (χ2v) is 7.81. The van der Waals surface area contributed by atoms with Gasteiger partial charge in [0.15, 0.2) is 6.61 Å². The van der Waals surface area contributed by atoms with Crippen molar-refractivity contribution in [2.45, 2.75) is 18.9 Å². The van der Waals surface area contributed by atoms with Crippen molar-refractivity contribution in [3.8, 4) is 11.5 Å². The highest BCUT2D eigenvalue weighted by atomic mass is 16.5. The van der Waals surface area contributed by atoms with Crippen LogP contribution in [-0.2, 0) is 16.0 Å². The van der Waals surface area contributed by atoms with Crippen molar-refractivity contribution in [1.82, 2.24) is 5.32 Å². The number of rotatable bonds is 9. The maximum Gasteiger partial charge on any atom is 0.262 e. The van der Waals surface area contributed by atoms with Crippen LogP contribution >= 0.6 is 0 Å². The maximum absolute atomic E-state index is 12.2. The molecular formula is C28H26N2O4. The van der Waals surface area contributed by atoms with Gasteiger partial charge in [-0.15, -0.1) is 0 Å². The van der Waals surface area contributed by atoms with Gasteiger partial charge in [-0.1, -0.05) is 54.6 Å². The summed E-state index contributed by atoms with van der Waals surface area (Å²) in [4.78, 5) is 24.3. The highest BCUT2D eigenvalue weighted by Gasteiger charge is 2.13. The summed E-state index contributed by atoms with van der Waals surface area (Å²) in [5.41, 5.74) is 1.64. The molecule has 3 aromatic rings. The second-order valence-electron chi connectivity index (χ2n) is 7.81. The SMILES string of the molecule is O=C(COc1ccccc1)Nc1ccc(OC2=CCC(NC(=O)Cc3ccccc3)C=C2)cc1. The first-order chi connectivity index (χ1) is 16.6. The van der Waals surface area contributed by atoms with Crippen molar-refractivity contribution < 1.29 is 19.1 Å². The number of hydrogen-bond acceptors (Lipinski definition) is 4. The van der Waals surface area contributed by atoms with E-state index in [1.54, 1.807) is 36.4 Å². The van der Waals surface area contributed by atoms with E-state index in [9.17, 15) is 9.59 Å². The van der Waals surface area contributed by atoms with Gasteiger partial charge >= 0.3 is 0 Å². The molecule has 0 fully saturated rings. The van der Waals surface area contributed by atoms with Gasteiger partial charge in [0.25, 0.3) is 5.91 Å². The molecule has 0 aromatic heterocycles. The molecule has 4 rings (SSSR count). The summed E-state index contributed by atoms with van der Waals surface area (Å²) in [5.74, 6) is 1.76. The van der Waals surface area contributed by atoms with Crippen molar-refractivity contribution in [2.24, 2.45) is 0 Å². The molecule has 0 radical (unpaired) electrons. The van der Waals surface area contributed by atoms with Crippen LogP contribution in [0.5, 0.6) is 11.5 Å². The van der Waals surface area contributed by atoms with Crippen molar-refractivity contribution in [1.29, 1.82) is 0 Å². The molecule has 2 N–H and O–H groups in total. The summed E-state index contributed by atoms with van der Waals surface area (Å²) in [5, 5.41) is 5.82. The van der Waals surface area contributed by atoms with E-state index in [0.717, 1.165) is 5.56 Å². The molecule has 1 unspecified atom stereocenters. The molecule has 172 valence electrons. The number of amides is 2. The molecule has 0 saturated heterocycles. The topological polar surface area (TPSA) is 76.7 Å². The Kier molecular flexibility index (Phi) is 7.74. The Morgan fingerprint density at radius 3 is 2.21 bits per heavy atom. The highest BCUT2D eigenvalue weighted by Crippen LogP contribution is 2.21. The van der Waals surface area contributed by atoms with Crippen LogP contribution in [0.3, 0.4) is 0 Å². The third-order valence-electron chi connectivity index (χ3n) is 5.11. The molecule has 6 heteroatoms. The number of benzene rings is 3. The lowest BCUT2D eigenvalue weighted by molar-refractivity contribution is -0.121. The molecule has 2 amide bonds. The average molecular weight is 455 g/mol. The molecule has 1 atom stereocenters. The van der Waals surface area contributed by atoms with Gasteiger partial charge in [0.1, 0.15) is 17.3 Å². The molecular weight excluding hydrogens is 428 g/mol. The highest BCUT2D eigenvalue weighted by molar-refractivity contribution is 5.91. The average Bonchev–Trinajstić information content (AvgIpc) is 2.86. The number of para-hydroxylation sites is 1. The minimum absolute atomic E-state index is 0.00887. The number of carbonyl (C=O) groups excluding carboxylic acids is 2. The molecule has 0 aliphatic heterocycles. The van der Waals surface area contributed by atoms with Gasteiger partial charge in [-0.25, -0.2) is 0 Å². The first kappa shape index (κ1) is 22.9. The second kappa shape index (κ2) is 11.5. The zero-order chi connectivity index (χ0) is 23.6. The Hall–Kier alpha value is -4.32. The van der Waals surface area contributed by atoms with Crippen LogP contribution in [0.1, 0.15) is 12.0 Å². The summed E-state index contributed by atoms with van der Waals surface area (Å²) in [7, 11) is 0. The van der Waals surface area contributed by atoms with Crippen molar-refractivity contribution >= 4 is 17.5 Å². The van der Waals surface area contributed by atoms with E-state index in [2.05, 4.69) is 10.6 Å². The lowest BCUT2D eigenvalue weighted by Crippen LogP contribution is -2.35. The van der Waals surface area contributed by atoms with E-state index in [1.165, 1.54) is 0 Å². The lowest BCUT2D eigenvalue weighted by Gasteiger charge is -2.18. The number of allylic oxidation sites excluding steroid dienone is 1. The van der Waals surface area contributed by atoms with E-state index in [4.69, 9.17) is 9.47 Å². The fraction of sp³-hybridized carbons (Fsp3) is 0.143. The zero-order valence-electron chi connectivity index (χ0n) is 18.6. The van der Waals surface area contributed by atoms with Crippen molar-refractivity contribution in [2.75, 3.05) is 11.9 Å². The predicted molar refractivity (Wildman–Crippen MR) is 132 cm³/mol. The fourth-order valence-electron chi connectivity index (χ4n) is 3.43. The van der Waals surface area contributed by atoms with Crippen LogP contribution in [-0.4, -0.2) is 24.5 Å². The van der Waals surface area contributed by atoms with E-state index < -0.39 is 0 Å². The largest absolute Gasteiger partial charge is 0.484 e. The van der Waals surface area contributed by atoms with Gasteiger partial charge in [0, 0.05) is 5.69 Å². The van der Waals surface area contributed by atoms with E-state index in [1.807, 2.05) is 66.8 Å². The number of carbonyl (C=O) groups is 2. The molecule has 1 aliphatic carbocycles. The predicted octanol–water partition coefficient (Wildman–Crippen LogP) is 4.65. The molecule has 34 heavy (non-hydrogen) atoms. The normalized spacial score (nSPS) is 14.6. The van der Waals surface area contributed by atoms with Gasteiger partial charge in [0.05, 0.1) is 12.5 Å². The summed E-state index contributed by atoms with van der Waals surface area (Å²) < 4.78 is 11.3. The van der Waals surface area contributed by atoms with Crippen molar-refractivity contribution in [3.63, 3.8) is 0 Å². The molecule has 1 aliphatic rings. The van der Waals surface area contributed by atoms with Gasteiger partial charge in [-0.05, 0) is 60.5 Å². The van der Waals surface area contributed by atoms with Crippen LogP contribution in [0.2, 0.25) is 0 Å². The minimum atomic E-state index is -0.240. The summed E-state index contributed by atoms with van der Waals surface area (Å²) in [6.45, 7) is -0.0665. The Bertz CT molecular complexity index is 1160. The van der Waals surface area contributed by atoms with Crippen LogP contribution in [0.15, 0.2) is 109 Å². The Labute approximate surface area is 198 Å². The molecule has 0 heterocycles. The van der Waals surface area contributed by atoms with Gasteiger partial charge in [-0.3, -0.25) is 9.59 Å². The first-order valence-electron chi connectivity index (χ1n) is 11.1. The third kappa shape index (κ3) is 7.10. The van der Waals surface area contributed by atoms with Crippen LogP contribution in [0.25, 0.3) is 0 Å². The van der Waals surface area contributed by atoms with E-state index >= 15 is 0 Å². The molecule has 0 bridgehead atoms. The van der Waals surface area contributed by atoms with Crippen molar-refractivity contribution in [3.05, 3.63) is 114 Å². The minimum Gasteiger partial charge on any atom is -0.484 e. The number of ether oxygens (including phenoxy) is 2. The Morgan fingerprint density at radius 1 is 0.824 bits per heavy atom. The quantitative estimate of drug-likeness (QED) is 0.493. The van der Waals surface area contributed by atoms with Gasteiger partial charge in [-0.2, -0.15) is 0 Å². The maximum atomic E-state index is 12.2.